The highest BCUT2D eigenvalue weighted by molar-refractivity contribution is 7.98. The molecule has 2 nitrogen and oxygen atoms in total. The van der Waals surface area contributed by atoms with Crippen LogP contribution in [0.25, 0.3) is 0 Å². The molecule has 28 heavy (non-hydrogen) atoms. The topological polar surface area (TPSA) is 29.1 Å². The van der Waals surface area contributed by atoms with Gasteiger partial charge in [0.05, 0.1) is 6.04 Å². The number of rotatable bonds is 6. The number of carbonyl (C=O) groups is 1. The van der Waals surface area contributed by atoms with Crippen molar-refractivity contribution in [1.29, 1.82) is 0 Å². The van der Waals surface area contributed by atoms with E-state index in [1.165, 1.54) is 27.1 Å². The van der Waals surface area contributed by atoms with Crippen molar-refractivity contribution in [1.82, 2.24) is 5.32 Å². The van der Waals surface area contributed by atoms with Crippen molar-refractivity contribution >= 4 is 17.7 Å². The summed E-state index contributed by atoms with van der Waals surface area (Å²) >= 11 is 1.81. The smallest absolute Gasteiger partial charge is 0.251 e. The molecule has 144 valence electrons. The highest BCUT2D eigenvalue weighted by Gasteiger charge is 2.13. The van der Waals surface area contributed by atoms with Gasteiger partial charge in [-0.3, -0.25) is 4.79 Å². The predicted octanol–water partition coefficient (Wildman–Crippen LogP) is 6.40. The first-order valence-corrected chi connectivity index (χ1v) is 10.6. The Labute approximate surface area is 172 Å². The summed E-state index contributed by atoms with van der Waals surface area (Å²) in [5.41, 5.74) is 6.78. The summed E-state index contributed by atoms with van der Waals surface area (Å²) in [5, 5.41) is 3.11. The van der Waals surface area contributed by atoms with E-state index in [2.05, 4.69) is 68.6 Å². The molecule has 0 aromatic heterocycles. The van der Waals surface area contributed by atoms with Crippen molar-refractivity contribution in [3.05, 3.63) is 100 Å². The minimum Gasteiger partial charge on any atom is -0.346 e. The molecule has 1 N–H and O–H groups in total. The van der Waals surface area contributed by atoms with Gasteiger partial charge in [0.15, 0.2) is 0 Å². The Morgan fingerprint density at radius 3 is 2.18 bits per heavy atom. The highest BCUT2D eigenvalue weighted by atomic mass is 32.2. The number of aryl methyl sites for hydroxylation is 3. The molecule has 0 aliphatic rings. The van der Waals surface area contributed by atoms with Crippen LogP contribution in [0.3, 0.4) is 0 Å². The van der Waals surface area contributed by atoms with E-state index >= 15 is 0 Å². The Hall–Kier alpha value is -2.52. The van der Waals surface area contributed by atoms with Crippen LogP contribution in [0.15, 0.2) is 71.6 Å². The third-order valence-corrected chi connectivity index (χ3v) is 5.97. The zero-order valence-electron chi connectivity index (χ0n) is 17.0. The third-order valence-electron chi connectivity index (χ3n) is 4.88. The zero-order chi connectivity index (χ0) is 20.1. The summed E-state index contributed by atoms with van der Waals surface area (Å²) in [7, 11) is 0. The normalized spacial score (nSPS) is 11.9. The van der Waals surface area contributed by atoms with E-state index < -0.39 is 0 Å². The molecule has 3 aromatic carbocycles. The number of carbonyl (C=O) groups excluding carboxylic acids is 1. The van der Waals surface area contributed by atoms with E-state index in [9.17, 15) is 4.79 Å². The van der Waals surface area contributed by atoms with Crippen LogP contribution in [-0.4, -0.2) is 5.91 Å². The summed E-state index contributed by atoms with van der Waals surface area (Å²) in [6, 6.07) is 22.8. The Morgan fingerprint density at radius 1 is 0.893 bits per heavy atom. The van der Waals surface area contributed by atoms with Crippen LogP contribution >= 0.6 is 11.8 Å². The van der Waals surface area contributed by atoms with Crippen LogP contribution in [-0.2, 0) is 5.75 Å². The lowest BCUT2D eigenvalue weighted by molar-refractivity contribution is 0.0940. The third kappa shape index (κ3) is 5.26. The molecule has 0 saturated heterocycles. The van der Waals surface area contributed by atoms with Crippen LogP contribution in [0.4, 0.5) is 0 Å². The van der Waals surface area contributed by atoms with Crippen molar-refractivity contribution < 1.29 is 4.79 Å². The fraction of sp³-hybridized carbons (Fsp3) is 0.240. The van der Waals surface area contributed by atoms with Gasteiger partial charge in [0.2, 0.25) is 0 Å². The maximum Gasteiger partial charge on any atom is 0.251 e. The van der Waals surface area contributed by atoms with Crippen molar-refractivity contribution in [2.24, 2.45) is 0 Å². The summed E-state index contributed by atoms with van der Waals surface area (Å²) in [6.07, 6.45) is 0. The molecular weight excluding hydrogens is 362 g/mol. The lowest BCUT2D eigenvalue weighted by atomic mass is 10.00. The lowest BCUT2D eigenvalue weighted by Gasteiger charge is -2.17. The summed E-state index contributed by atoms with van der Waals surface area (Å²) < 4.78 is 0. The molecule has 0 fully saturated rings. The molecule has 0 saturated carbocycles. The van der Waals surface area contributed by atoms with Gasteiger partial charge in [-0.15, -0.1) is 11.8 Å². The molecule has 0 bridgehead atoms. The van der Waals surface area contributed by atoms with Gasteiger partial charge in [-0.2, -0.15) is 0 Å². The van der Waals surface area contributed by atoms with E-state index in [1.54, 1.807) is 11.8 Å². The first kappa shape index (κ1) is 20.2. The highest BCUT2D eigenvalue weighted by Crippen LogP contribution is 2.23. The van der Waals surface area contributed by atoms with Gasteiger partial charge in [0, 0.05) is 16.2 Å². The minimum atomic E-state index is -0.0368. The number of thioether (sulfide) groups is 1. The Bertz CT molecular complexity index is 945. The van der Waals surface area contributed by atoms with Crippen molar-refractivity contribution in [2.75, 3.05) is 0 Å². The van der Waals surface area contributed by atoms with Gasteiger partial charge < -0.3 is 5.32 Å². The second kappa shape index (κ2) is 9.11. The molecule has 3 aromatic rings. The number of hydrogen-bond acceptors (Lipinski definition) is 2. The SMILES string of the molecule is Cc1ccc(SCc2ccc(C(=O)N[C@H](C)c3ccc(C)cc3C)cc2)cc1. The zero-order valence-corrected chi connectivity index (χ0v) is 17.8. The first-order valence-electron chi connectivity index (χ1n) is 9.59. The maximum atomic E-state index is 12.6. The van der Waals surface area contributed by atoms with E-state index in [4.69, 9.17) is 0 Å². The molecule has 0 unspecified atom stereocenters. The van der Waals surface area contributed by atoms with E-state index in [0.29, 0.717) is 5.56 Å². The number of benzene rings is 3. The monoisotopic (exact) mass is 389 g/mol. The number of hydrogen-bond donors (Lipinski definition) is 1. The molecular formula is C25H27NOS. The standard InChI is InChI=1S/C25H27NOS/c1-17-5-12-23(13-6-17)28-16-21-8-10-22(11-9-21)25(27)26-20(4)24-14-7-18(2)15-19(24)3/h5-15,20H,16H2,1-4H3,(H,26,27)/t20-/m1/s1. The van der Waals surface area contributed by atoms with Crippen LogP contribution in [0.5, 0.6) is 0 Å². The van der Waals surface area contributed by atoms with Gasteiger partial charge in [-0.05, 0) is 68.7 Å². The number of nitrogens with one attached hydrogen (secondary N) is 1. The van der Waals surface area contributed by atoms with Crippen LogP contribution < -0.4 is 5.32 Å². The molecule has 0 aliphatic carbocycles. The van der Waals surface area contributed by atoms with Crippen LogP contribution in [0.1, 0.15) is 51.1 Å². The summed E-state index contributed by atoms with van der Waals surface area (Å²) in [4.78, 5) is 13.9. The fourth-order valence-corrected chi connectivity index (χ4v) is 4.08. The summed E-state index contributed by atoms with van der Waals surface area (Å²) in [5.74, 6) is 0.856. The lowest BCUT2D eigenvalue weighted by Crippen LogP contribution is -2.27. The van der Waals surface area contributed by atoms with Gasteiger partial charge >= 0.3 is 0 Å². The molecule has 3 heteroatoms. The Morgan fingerprint density at radius 2 is 1.54 bits per heavy atom. The second-order valence-electron chi connectivity index (χ2n) is 7.35. The molecule has 0 heterocycles. The predicted molar refractivity (Wildman–Crippen MR) is 119 cm³/mol. The molecule has 0 radical (unpaired) electrons. The molecule has 3 rings (SSSR count). The van der Waals surface area contributed by atoms with Crippen LogP contribution in [0, 0.1) is 20.8 Å². The largest absolute Gasteiger partial charge is 0.346 e. The quantitative estimate of drug-likeness (QED) is 0.495. The first-order chi connectivity index (χ1) is 13.4. The molecule has 1 atom stereocenters. The minimum absolute atomic E-state index is 0.0233. The van der Waals surface area contributed by atoms with E-state index in [1.807, 2.05) is 31.2 Å². The average molecular weight is 390 g/mol. The van der Waals surface area contributed by atoms with E-state index in [-0.39, 0.29) is 11.9 Å². The van der Waals surface area contributed by atoms with Gasteiger partial charge in [-0.1, -0.05) is 53.6 Å². The van der Waals surface area contributed by atoms with Crippen molar-refractivity contribution in [3.8, 4) is 0 Å². The molecule has 0 aliphatic heterocycles. The van der Waals surface area contributed by atoms with Crippen molar-refractivity contribution in [3.63, 3.8) is 0 Å². The van der Waals surface area contributed by atoms with Crippen molar-refractivity contribution in [2.45, 2.75) is 44.4 Å². The molecule has 1 amide bonds. The Kier molecular flexibility index (Phi) is 6.58. The Balaban J connectivity index is 1.59. The second-order valence-corrected chi connectivity index (χ2v) is 8.40. The van der Waals surface area contributed by atoms with Crippen LogP contribution in [0.2, 0.25) is 0 Å². The van der Waals surface area contributed by atoms with Gasteiger partial charge in [-0.25, -0.2) is 0 Å². The molecule has 0 spiro atoms. The fourth-order valence-electron chi connectivity index (χ4n) is 3.22. The summed E-state index contributed by atoms with van der Waals surface area (Å²) in [6.45, 7) is 8.30. The van der Waals surface area contributed by atoms with E-state index in [0.717, 1.165) is 11.3 Å². The number of amides is 1. The van der Waals surface area contributed by atoms with Gasteiger partial charge in [0.1, 0.15) is 0 Å². The van der Waals surface area contributed by atoms with Gasteiger partial charge in [0.25, 0.3) is 5.91 Å². The maximum absolute atomic E-state index is 12.6. The average Bonchev–Trinajstić information content (AvgIpc) is 2.67.